The van der Waals surface area contributed by atoms with Crippen molar-refractivity contribution in [1.82, 2.24) is 14.9 Å². The van der Waals surface area contributed by atoms with E-state index in [0.717, 1.165) is 22.2 Å². The number of H-pyrrole nitrogens is 1. The highest BCUT2D eigenvalue weighted by Crippen LogP contribution is 2.24. The van der Waals surface area contributed by atoms with E-state index in [2.05, 4.69) is 9.97 Å². The van der Waals surface area contributed by atoms with E-state index in [-0.39, 0.29) is 18.9 Å². The largest absolute Gasteiger partial charge is 0.396 e. The van der Waals surface area contributed by atoms with Crippen LogP contribution >= 0.6 is 23.2 Å². The van der Waals surface area contributed by atoms with E-state index in [1.54, 1.807) is 23.2 Å². The first-order valence-corrected chi connectivity index (χ1v) is 9.07. The molecule has 1 amide bonds. The van der Waals surface area contributed by atoms with Gasteiger partial charge in [0, 0.05) is 37.5 Å². The highest BCUT2D eigenvalue weighted by molar-refractivity contribution is 6.42. The number of halogens is 2. The lowest BCUT2D eigenvalue weighted by Crippen LogP contribution is -2.33. The van der Waals surface area contributed by atoms with Crippen LogP contribution < -0.4 is 0 Å². The number of fused-ring (bicyclic) bond motifs is 1. The van der Waals surface area contributed by atoms with E-state index in [9.17, 15) is 4.79 Å². The molecule has 3 rings (SSSR count). The summed E-state index contributed by atoms with van der Waals surface area (Å²) in [7, 11) is 0. The van der Waals surface area contributed by atoms with Gasteiger partial charge in [0.15, 0.2) is 0 Å². The van der Waals surface area contributed by atoms with Gasteiger partial charge in [-0.15, -0.1) is 0 Å². The number of aliphatic hydroxyl groups is 1. The van der Waals surface area contributed by atoms with Crippen molar-refractivity contribution in [2.45, 2.75) is 19.4 Å². The van der Waals surface area contributed by atoms with Crippen molar-refractivity contribution < 1.29 is 9.90 Å². The smallest absolute Gasteiger partial charge is 0.227 e. The second kappa shape index (κ2) is 8.54. The zero-order valence-corrected chi connectivity index (χ0v) is 15.6. The molecule has 0 atom stereocenters. The molecule has 0 saturated carbocycles. The molecule has 0 aliphatic rings. The molecular weight excluding hydrogens is 373 g/mol. The van der Waals surface area contributed by atoms with Gasteiger partial charge in [-0.1, -0.05) is 29.3 Å². The summed E-state index contributed by atoms with van der Waals surface area (Å²) in [6.45, 7) is 0.911. The summed E-state index contributed by atoms with van der Waals surface area (Å²) in [5, 5.41) is 11.0. The Labute approximate surface area is 161 Å². The standard InChI is InChI=1S/C19H19Cl2N3O2/c20-16-5-4-13(9-17(16)21)12-24(7-2-8-25)18(26)10-14-11-23-19-15(14)3-1-6-22-19/h1,3-6,9,11,25H,2,7-8,10,12H2,(H,22,23). The average molecular weight is 392 g/mol. The highest BCUT2D eigenvalue weighted by atomic mass is 35.5. The maximum absolute atomic E-state index is 12.9. The Morgan fingerprint density at radius 2 is 2.08 bits per heavy atom. The lowest BCUT2D eigenvalue weighted by Gasteiger charge is -2.23. The molecule has 7 heteroatoms. The Kier molecular flexibility index (Phi) is 6.14. The molecule has 0 radical (unpaired) electrons. The summed E-state index contributed by atoms with van der Waals surface area (Å²) in [6.07, 6.45) is 4.31. The molecule has 0 unspecified atom stereocenters. The number of aromatic nitrogens is 2. The number of rotatable bonds is 7. The zero-order valence-electron chi connectivity index (χ0n) is 14.1. The fourth-order valence-electron chi connectivity index (χ4n) is 2.85. The van der Waals surface area contributed by atoms with E-state index in [0.29, 0.717) is 29.6 Å². The molecule has 0 bridgehead atoms. The number of nitrogens with zero attached hydrogens (tertiary/aromatic N) is 2. The number of carbonyl (C=O) groups is 1. The number of nitrogens with one attached hydrogen (secondary N) is 1. The number of pyridine rings is 1. The van der Waals surface area contributed by atoms with E-state index < -0.39 is 0 Å². The van der Waals surface area contributed by atoms with Gasteiger partial charge in [0.05, 0.1) is 16.5 Å². The highest BCUT2D eigenvalue weighted by Gasteiger charge is 2.17. The fraction of sp³-hybridized carbons (Fsp3) is 0.263. The van der Waals surface area contributed by atoms with Crippen molar-refractivity contribution in [1.29, 1.82) is 0 Å². The molecule has 26 heavy (non-hydrogen) atoms. The van der Waals surface area contributed by atoms with Gasteiger partial charge in [0.2, 0.25) is 5.91 Å². The molecule has 0 spiro atoms. The fourth-order valence-corrected chi connectivity index (χ4v) is 3.17. The first-order valence-electron chi connectivity index (χ1n) is 8.32. The first-order chi connectivity index (χ1) is 12.6. The summed E-state index contributed by atoms with van der Waals surface area (Å²) < 4.78 is 0. The molecular formula is C19H19Cl2N3O2. The maximum atomic E-state index is 12.9. The van der Waals surface area contributed by atoms with Crippen LogP contribution in [0.25, 0.3) is 11.0 Å². The van der Waals surface area contributed by atoms with Gasteiger partial charge < -0.3 is 15.0 Å². The molecule has 0 saturated heterocycles. The number of hydrogen-bond donors (Lipinski definition) is 2. The van der Waals surface area contributed by atoms with Gasteiger partial charge in [-0.25, -0.2) is 4.98 Å². The second-order valence-electron chi connectivity index (χ2n) is 6.03. The van der Waals surface area contributed by atoms with Crippen molar-refractivity contribution in [3.63, 3.8) is 0 Å². The van der Waals surface area contributed by atoms with Crippen LogP contribution in [0.1, 0.15) is 17.5 Å². The molecule has 0 fully saturated rings. The quantitative estimate of drug-likeness (QED) is 0.642. The number of hydrogen-bond acceptors (Lipinski definition) is 3. The van der Waals surface area contributed by atoms with Crippen LogP contribution in [0.3, 0.4) is 0 Å². The van der Waals surface area contributed by atoms with Crippen molar-refractivity contribution >= 4 is 40.1 Å². The summed E-state index contributed by atoms with van der Waals surface area (Å²) in [5.74, 6) is -0.0192. The number of aliphatic hydroxyl groups excluding tert-OH is 1. The monoisotopic (exact) mass is 391 g/mol. The van der Waals surface area contributed by atoms with Crippen molar-refractivity contribution in [2.75, 3.05) is 13.2 Å². The molecule has 2 aromatic heterocycles. The lowest BCUT2D eigenvalue weighted by molar-refractivity contribution is -0.131. The molecule has 2 heterocycles. The number of carbonyl (C=O) groups excluding carboxylic acids is 1. The van der Waals surface area contributed by atoms with E-state index in [4.69, 9.17) is 28.3 Å². The average Bonchev–Trinajstić information content (AvgIpc) is 3.04. The Balaban J connectivity index is 1.77. The summed E-state index contributed by atoms with van der Waals surface area (Å²) in [6, 6.07) is 9.13. The Hall–Kier alpha value is -2.08. The normalized spacial score (nSPS) is 11.0. The third-order valence-electron chi connectivity index (χ3n) is 4.17. The lowest BCUT2D eigenvalue weighted by atomic mass is 10.1. The minimum atomic E-state index is -0.0192. The summed E-state index contributed by atoms with van der Waals surface area (Å²) in [5.41, 5.74) is 2.56. The topological polar surface area (TPSA) is 69.2 Å². The van der Waals surface area contributed by atoms with E-state index >= 15 is 0 Å². The van der Waals surface area contributed by atoms with Gasteiger partial charge >= 0.3 is 0 Å². The Bertz CT molecular complexity index is 911. The molecule has 1 aromatic carbocycles. The van der Waals surface area contributed by atoms with Gasteiger partial charge in [0.1, 0.15) is 5.65 Å². The van der Waals surface area contributed by atoms with Crippen molar-refractivity contribution in [2.24, 2.45) is 0 Å². The Morgan fingerprint density at radius 1 is 1.23 bits per heavy atom. The van der Waals surface area contributed by atoms with Crippen LogP contribution in [-0.2, 0) is 17.8 Å². The van der Waals surface area contributed by atoms with Gasteiger partial charge in [0.25, 0.3) is 0 Å². The third-order valence-corrected chi connectivity index (χ3v) is 4.91. The molecule has 136 valence electrons. The minimum absolute atomic E-state index is 0.0192. The molecule has 0 aliphatic carbocycles. The van der Waals surface area contributed by atoms with Crippen molar-refractivity contribution in [3.05, 3.63) is 63.9 Å². The summed E-state index contributed by atoms with van der Waals surface area (Å²) in [4.78, 5) is 21.9. The predicted octanol–water partition coefficient (Wildman–Crippen LogP) is 3.82. The number of benzene rings is 1. The second-order valence-corrected chi connectivity index (χ2v) is 6.85. The Morgan fingerprint density at radius 3 is 2.85 bits per heavy atom. The summed E-state index contributed by atoms with van der Waals surface area (Å²) >= 11 is 12.0. The van der Waals surface area contributed by atoms with Crippen LogP contribution in [0.2, 0.25) is 10.0 Å². The molecule has 3 aromatic rings. The van der Waals surface area contributed by atoms with Crippen LogP contribution in [-0.4, -0.2) is 39.0 Å². The first kappa shape index (κ1) is 18.7. The van der Waals surface area contributed by atoms with Crippen LogP contribution in [0, 0.1) is 0 Å². The van der Waals surface area contributed by atoms with Crippen LogP contribution in [0.5, 0.6) is 0 Å². The van der Waals surface area contributed by atoms with Gasteiger partial charge in [-0.3, -0.25) is 4.79 Å². The number of amides is 1. The predicted molar refractivity (Wildman–Crippen MR) is 103 cm³/mol. The van der Waals surface area contributed by atoms with E-state index in [1.807, 2.05) is 24.4 Å². The van der Waals surface area contributed by atoms with Crippen LogP contribution in [0.4, 0.5) is 0 Å². The molecule has 5 nitrogen and oxygen atoms in total. The maximum Gasteiger partial charge on any atom is 0.227 e. The SMILES string of the molecule is O=C(Cc1c[nH]c2ncccc12)N(CCCO)Cc1ccc(Cl)c(Cl)c1. The number of aromatic amines is 1. The molecule has 0 aliphatic heterocycles. The third kappa shape index (κ3) is 4.36. The van der Waals surface area contributed by atoms with Crippen LogP contribution in [0.15, 0.2) is 42.7 Å². The van der Waals surface area contributed by atoms with Gasteiger partial charge in [-0.05, 0) is 41.8 Å². The van der Waals surface area contributed by atoms with Crippen molar-refractivity contribution in [3.8, 4) is 0 Å². The van der Waals surface area contributed by atoms with E-state index in [1.165, 1.54) is 0 Å². The molecule has 2 N–H and O–H groups in total. The zero-order chi connectivity index (χ0) is 18.5. The van der Waals surface area contributed by atoms with Gasteiger partial charge in [-0.2, -0.15) is 0 Å². The minimum Gasteiger partial charge on any atom is -0.396 e.